The van der Waals surface area contributed by atoms with Gasteiger partial charge in [-0.3, -0.25) is 9.89 Å². The average molecular weight is 409 g/mol. The van der Waals surface area contributed by atoms with Crippen molar-refractivity contribution in [2.75, 3.05) is 53.4 Å². The lowest BCUT2D eigenvalue weighted by Crippen LogP contribution is -2.53. The number of amides is 1. The summed E-state index contributed by atoms with van der Waals surface area (Å²) >= 11 is 0. The van der Waals surface area contributed by atoms with Crippen LogP contribution in [0.25, 0.3) is 0 Å². The zero-order valence-electron chi connectivity index (χ0n) is 18.6. The van der Waals surface area contributed by atoms with Crippen LogP contribution >= 0.6 is 0 Å². The maximum Gasteiger partial charge on any atom is 0.410 e. The number of carbonyl (C=O) groups excluding carboxylic acids is 1. The fourth-order valence-corrected chi connectivity index (χ4v) is 3.21. The molecule has 0 saturated carbocycles. The zero-order chi connectivity index (χ0) is 21.4. The molecule has 29 heavy (non-hydrogen) atoms. The topological polar surface area (TPSA) is 86.4 Å². The summed E-state index contributed by atoms with van der Waals surface area (Å²) in [7, 11) is 3.58. The van der Waals surface area contributed by atoms with E-state index in [1.165, 1.54) is 0 Å². The first-order valence-corrected chi connectivity index (χ1v) is 10.2. The Bertz CT molecular complexity index is 648. The van der Waals surface area contributed by atoms with Gasteiger partial charge in [0.05, 0.1) is 5.69 Å². The standard InChI is InChI=1S/C20H36N6O3/c1-16(14-24(6)19(27)29-20(2,3)4)13-22-18(21-5)26-10-8-25(9-11-26)15-17-7-12-28-23-17/h7,12,16H,8-11,13-15H2,1-6H3,(H,21,22). The van der Waals surface area contributed by atoms with Gasteiger partial charge in [0.25, 0.3) is 0 Å². The Balaban J connectivity index is 1.72. The van der Waals surface area contributed by atoms with Crippen molar-refractivity contribution < 1.29 is 14.1 Å². The molecular formula is C20H36N6O3. The molecule has 1 fully saturated rings. The van der Waals surface area contributed by atoms with Crippen LogP contribution in [0.4, 0.5) is 4.79 Å². The third-order valence-electron chi connectivity index (χ3n) is 4.66. The SMILES string of the molecule is CN=C(NCC(C)CN(C)C(=O)OC(C)(C)C)N1CCN(Cc2ccon2)CC1. The zero-order valence-corrected chi connectivity index (χ0v) is 18.6. The van der Waals surface area contributed by atoms with Crippen LogP contribution < -0.4 is 5.32 Å². The third-order valence-corrected chi connectivity index (χ3v) is 4.66. The Labute approximate surface area is 174 Å². The molecule has 1 saturated heterocycles. The van der Waals surface area contributed by atoms with Gasteiger partial charge in [-0.15, -0.1) is 0 Å². The molecule has 0 radical (unpaired) electrons. The lowest BCUT2D eigenvalue weighted by molar-refractivity contribution is 0.0277. The van der Waals surface area contributed by atoms with Gasteiger partial charge < -0.3 is 24.4 Å². The molecule has 9 nitrogen and oxygen atoms in total. The smallest absolute Gasteiger partial charge is 0.410 e. The minimum absolute atomic E-state index is 0.262. The van der Waals surface area contributed by atoms with Crippen molar-refractivity contribution in [3.8, 4) is 0 Å². The molecule has 0 spiro atoms. The van der Waals surface area contributed by atoms with Gasteiger partial charge in [-0.2, -0.15) is 0 Å². The predicted molar refractivity (Wildman–Crippen MR) is 113 cm³/mol. The lowest BCUT2D eigenvalue weighted by atomic mass is 10.1. The summed E-state index contributed by atoms with van der Waals surface area (Å²) in [5, 5.41) is 7.42. The molecule has 1 unspecified atom stereocenters. The fraction of sp³-hybridized carbons (Fsp3) is 0.750. The molecule has 0 aromatic carbocycles. The molecule has 1 aromatic rings. The second-order valence-corrected chi connectivity index (χ2v) is 8.65. The van der Waals surface area contributed by atoms with Gasteiger partial charge in [-0.25, -0.2) is 4.79 Å². The normalized spacial score (nSPS) is 17.2. The van der Waals surface area contributed by atoms with Gasteiger partial charge in [0.15, 0.2) is 5.96 Å². The minimum atomic E-state index is -0.481. The molecule has 164 valence electrons. The first kappa shape index (κ1) is 23.0. The van der Waals surface area contributed by atoms with Gasteiger partial charge in [0.2, 0.25) is 0 Å². The summed E-state index contributed by atoms with van der Waals surface area (Å²) in [4.78, 5) is 22.8. The number of carbonyl (C=O) groups is 1. The van der Waals surface area contributed by atoms with E-state index >= 15 is 0 Å². The summed E-state index contributed by atoms with van der Waals surface area (Å²) in [6, 6.07) is 1.91. The van der Waals surface area contributed by atoms with E-state index in [9.17, 15) is 4.79 Å². The van der Waals surface area contributed by atoms with Crippen LogP contribution in [0.3, 0.4) is 0 Å². The van der Waals surface area contributed by atoms with Crippen LogP contribution in [0.1, 0.15) is 33.4 Å². The maximum atomic E-state index is 12.1. The van der Waals surface area contributed by atoms with E-state index < -0.39 is 5.60 Å². The molecule has 1 aliphatic rings. The molecule has 1 atom stereocenters. The number of piperazine rings is 1. The molecule has 2 rings (SSSR count). The number of guanidine groups is 1. The molecule has 1 aromatic heterocycles. The predicted octanol–water partition coefficient (Wildman–Crippen LogP) is 1.87. The Hall–Kier alpha value is -2.29. The van der Waals surface area contributed by atoms with Crippen molar-refractivity contribution in [1.82, 2.24) is 25.2 Å². The van der Waals surface area contributed by atoms with E-state index in [4.69, 9.17) is 9.26 Å². The molecule has 1 aliphatic heterocycles. The highest BCUT2D eigenvalue weighted by Crippen LogP contribution is 2.10. The molecule has 0 aliphatic carbocycles. The summed E-state index contributed by atoms with van der Waals surface area (Å²) in [5.41, 5.74) is 0.480. The number of ether oxygens (including phenoxy) is 1. The number of aliphatic imine (C=N–C) groups is 1. The largest absolute Gasteiger partial charge is 0.444 e. The second kappa shape index (κ2) is 10.5. The van der Waals surface area contributed by atoms with Gasteiger partial charge >= 0.3 is 6.09 Å². The summed E-state index contributed by atoms with van der Waals surface area (Å²) in [6.07, 6.45) is 1.32. The molecule has 0 bridgehead atoms. The Morgan fingerprint density at radius 3 is 2.62 bits per heavy atom. The van der Waals surface area contributed by atoms with Crippen LogP contribution in [-0.4, -0.2) is 90.9 Å². The molecule has 9 heteroatoms. The molecule has 1 N–H and O–H groups in total. The van der Waals surface area contributed by atoms with Gasteiger partial charge in [0, 0.05) is 66.0 Å². The molecular weight excluding hydrogens is 372 g/mol. The highest BCUT2D eigenvalue weighted by atomic mass is 16.6. The quantitative estimate of drug-likeness (QED) is 0.568. The monoisotopic (exact) mass is 408 g/mol. The maximum absolute atomic E-state index is 12.1. The van der Waals surface area contributed by atoms with Crippen LogP contribution in [0, 0.1) is 5.92 Å². The van der Waals surface area contributed by atoms with Crippen LogP contribution in [0.15, 0.2) is 21.8 Å². The minimum Gasteiger partial charge on any atom is -0.444 e. The van der Waals surface area contributed by atoms with Crippen molar-refractivity contribution in [2.45, 2.75) is 39.8 Å². The average Bonchev–Trinajstić information content (AvgIpc) is 3.15. The fourth-order valence-electron chi connectivity index (χ4n) is 3.21. The third kappa shape index (κ3) is 7.92. The summed E-state index contributed by atoms with van der Waals surface area (Å²) in [6.45, 7) is 13.6. The van der Waals surface area contributed by atoms with E-state index in [-0.39, 0.29) is 12.0 Å². The number of hydrogen-bond acceptors (Lipinski definition) is 6. The number of nitrogens with one attached hydrogen (secondary N) is 1. The van der Waals surface area contributed by atoms with Crippen molar-refractivity contribution in [3.05, 3.63) is 18.0 Å². The Morgan fingerprint density at radius 1 is 1.38 bits per heavy atom. The summed E-state index contributed by atoms with van der Waals surface area (Å²) in [5.74, 6) is 1.16. The lowest BCUT2D eigenvalue weighted by Gasteiger charge is -2.36. The van der Waals surface area contributed by atoms with E-state index in [0.29, 0.717) is 6.54 Å². The second-order valence-electron chi connectivity index (χ2n) is 8.65. The summed E-state index contributed by atoms with van der Waals surface area (Å²) < 4.78 is 10.3. The number of hydrogen-bond donors (Lipinski definition) is 1. The van der Waals surface area contributed by atoms with Crippen LogP contribution in [0.5, 0.6) is 0 Å². The van der Waals surface area contributed by atoms with Gasteiger partial charge in [-0.1, -0.05) is 12.1 Å². The highest BCUT2D eigenvalue weighted by Gasteiger charge is 2.22. The van der Waals surface area contributed by atoms with Crippen molar-refractivity contribution in [3.63, 3.8) is 0 Å². The highest BCUT2D eigenvalue weighted by molar-refractivity contribution is 5.80. The van der Waals surface area contributed by atoms with Crippen molar-refractivity contribution >= 4 is 12.1 Å². The van der Waals surface area contributed by atoms with E-state index in [1.807, 2.05) is 33.9 Å². The van der Waals surface area contributed by atoms with E-state index in [1.54, 1.807) is 18.2 Å². The van der Waals surface area contributed by atoms with Crippen molar-refractivity contribution in [1.29, 1.82) is 0 Å². The van der Waals surface area contributed by atoms with E-state index in [0.717, 1.165) is 50.9 Å². The van der Waals surface area contributed by atoms with Crippen LogP contribution in [0.2, 0.25) is 0 Å². The molecule has 2 heterocycles. The number of nitrogens with zero attached hydrogens (tertiary/aromatic N) is 5. The molecule has 1 amide bonds. The van der Waals surface area contributed by atoms with Gasteiger partial charge in [-0.05, 0) is 26.7 Å². The van der Waals surface area contributed by atoms with E-state index in [2.05, 4.69) is 32.2 Å². The van der Waals surface area contributed by atoms with Gasteiger partial charge in [0.1, 0.15) is 11.9 Å². The number of rotatable bonds is 6. The first-order valence-electron chi connectivity index (χ1n) is 10.2. The number of aromatic nitrogens is 1. The van der Waals surface area contributed by atoms with Crippen LogP contribution in [-0.2, 0) is 11.3 Å². The Morgan fingerprint density at radius 2 is 2.07 bits per heavy atom. The first-order chi connectivity index (χ1) is 13.7. The Kier molecular flexibility index (Phi) is 8.31. The van der Waals surface area contributed by atoms with Crippen molar-refractivity contribution in [2.24, 2.45) is 10.9 Å².